The fraction of sp³-hybridized carbons (Fsp3) is 0.444. The quantitative estimate of drug-likeness (QED) is 0.888. The van der Waals surface area contributed by atoms with Crippen molar-refractivity contribution >= 4 is 15.9 Å². The molecule has 1 aromatic heterocycles. The minimum Gasteiger partial charge on any atom is -0.465 e. The Morgan fingerprint density at radius 2 is 2.46 bits per heavy atom. The van der Waals surface area contributed by atoms with Gasteiger partial charge in [-0.25, -0.2) is 0 Å². The molecule has 0 saturated heterocycles. The fourth-order valence-corrected chi connectivity index (χ4v) is 1.52. The second kappa shape index (κ2) is 4.45. The maximum absolute atomic E-state index is 9.70. The van der Waals surface area contributed by atoms with E-state index in [1.807, 2.05) is 13.0 Å². The van der Waals surface area contributed by atoms with Crippen LogP contribution in [0.25, 0.3) is 0 Å². The SMILES string of the molecule is CCC(C#N)C(O)c1occc1Br. The van der Waals surface area contributed by atoms with Gasteiger partial charge < -0.3 is 9.52 Å². The predicted octanol–water partition coefficient (Wildman–Crippen LogP) is 2.63. The van der Waals surface area contributed by atoms with Gasteiger partial charge in [-0.3, -0.25) is 0 Å². The molecule has 3 nitrogen and oxygen atoms in total. The molecule has 0 aromatic carbocycles. The molecular weight excluding hydrogens is 234 g/mol. The number of hydrogen-bond donors (Lipinski definition) is 1. The van der Waals surface area contributed by atoms with Crippen LogP contribution in [0.1, 0.15) is 25.2 Å². The third kappa shape index (κ3) is 2.11. The van der Waals surface area contributed by atoms with Crippen LogP contribution in [-0.4, -0.2) is 5.11 Å². The van der Waals surface area contributed by atoms with Crippen LogP contribution < -0.4 is 0 Å². The van der Waals surface area contributed by atoms with Crippen molar-refractivity contribution < 1.29 is 9.52 Å². The molecule has 4 heteroatoms. The number of aliphatic hydroxyl groups excluding tert-OH is 1. The van der Waals surface area contributed by atoms with E-state index < -0.39 is 12.0 Å². The molecular formula is C9H10BrNO2. The second-order valence-corrected chi connectivity index (χ2v) is 3.58. The summed E-state index contributed by atoms with van der Waals surface area (Å²) in [5, 5.41) is 18.4. The molecule has 1 rings (SSSR count). The van der Waals surface area contributed by atoms with Gasteiger partial charge >= 0.3 is 0 Å². The van der Waals surface area contributed by atoms with Crippen molar-refractivity contribution in [1.29, 1.82) is 5.26 Å². The second-order valence-electron chi connectivity index (χ2n) is 2.72. The van der Waals surface area contributed by atoms with Gasteiger partial charge in [0.2, 0.25) is 0 Å². The van der Waals surface area contributed by atoms with Gasteiger partial charge in [0.1, 0.15) is 11.9 Å². The van der Waals surface area contributed by atoms with Crippen molar-refractivity contribution in [1.82, 2.24) is 0 Å². The van der Waals surface area contributed by atoms with E-state index in [2.05, 4.69) is 15.9 Å². The first-order valence-corrected chi connectivity index (χ1v) is 4.80. The Labute approximate surface area is 85.1 Å². The van der Waals surface area contributed by atoms with Gasteiger partial charge in [0.05, 0.1) is 22.7 Å². The van der Waals surface area contributed by atoms with Crippen molar-refractivity contribution in [3.8, 4) is 6.07 Å². The molecule has 0 bridgehead atoms. The van der Waals surface area contributed by atoms with Crippen molar-refractivity contribution in [2.75, 3.05) is 0 Å². The molecule has 0 aliphatic carbocycles. The average molecular weight is 244 g/mol. The number of nitriles is 1. The molecule has 0 amide bonds. The number of rotatable bonds is 3. The Kier molecular flexibility index (Phi) is 3.52. The van der Waals surface area contributed by atoms with E-state index >= 15 is 0 Å². The summed E-state index contributed by atoms with van der Waals surface area (Å²) in [4.78, 5) is 0. The summed E-state index contributed by atoms with van der Waals surface area (Å²) in [5.74, 6) is 0.0100. The molecule has 0 saturated carbocycles. The van der Waals surface area contributed by atoms with Gasteiger partial charge in [0, 0.05) is 0 Å². The molecule has 0 spiro atoms. The third-order valence-corrected chi connectivity index (χ3v) is 2.56. The summed E-state index contributed by atoms with van der Waals surface area (Å²) in [6.07, 6.45) is 1.23. The summed E-state index contributed by atoms with van der Waals surface area (Å²) in [7, 11) is 0. The van der Waals surface area contributed by atoms with Gasteiger partial charge in [-0.2, -0.15) is 5.26 Å². The lowest BCUT2D eigenvalue weighted by Crippen LogP contribution is -2.09. The monoisotopic (exact) mass is 243 g/mol. The molecule has 0 fully saturated rings. The summed E-state index contributed by atoms with van der Waals surface area (Å²) in [5.41, 5.74) is 0. The van der Waals surface area contributed by atoms with Crippen LogP contribution in [0.5, 0.6) is 0 Å². The van der Waals surface area contributed by atoms with Crippen molar-refractivity contribution in [3.63, 3.8) is 0 Å². The number of furan rings is 1. The van der Waals surface area contributed by atoms with E-state index in [1.54, 1.807) is 6.07 Å². The fourth-order valence-electron chi connectivity index (χ4n) is 1.08. The molecule has 2 unspecified atom stereocenters. The summed E-state index contributed by atoms with van der Waals surface area (Å²) >= 11 is 3.23. The van der Waals surface area contributed by atoms with Gasteiger partial charge in [0.25, 0.3) is 0 Å². The highest BCUT2D eigenvalue weighted by Crippen LogP contribution is 2.30. The zero-order valence-corrected chi connectivity index (χ0v) is 8.78. The number of halogens is 1. The smallest absolute Gasteiger partial charge is 0.147 e. The molecule has 13 heavy (non-hydrogen) atoms. The lowest BCUT2D eigenvalue weighted by Gasteiger charge is -2.12. The van der Waals surface area contributed by atoms with Gasteiger partial charge in [0.15, 0.2) is 0 Å². The highest BCUT2D eigenvalue weighted by Gasteiger charge is 2.23. The average Bonchev–Trinajstić information content (AvgIpc) is 2.53. The molecule has 0 aliphatic heterocycles. The van der Waals surface area contributed by atoms with Crippen molar-refractivity contribution in [2.45, 2.75) is 19.4 Å². The van der Waals surface area contributed by atoms with E-state index in [0.717, 1.165) is 0 Å². The van der Waals surface area contributed by atoms with E-state index in [0.29, 0.717) is 16.7 Å². The van der Waals surface area contributed by atoms with E-state index in [9.17, 15) is 5.11 Å². The largest absolute Gasteiger partial charge is 0.465 e. The maximum atomic E-state index is 9.70. The van der Waals surface area contributed by atoms with Crippen molar-refractivity contribution in [2.24, 2.45) is 5.92 Å². The van der Waals surface area contributed by atoms with Crippen LogP contribution in [0.4, 0.5) is 0 Å². The van der Waals surface area contributed by atoms with Gasteiger partial charge in [-0.05, 0) is 28.4 Å². The third-order valence-electron chi connectivity index (χ3n) is 1.90. The van der Waals surface area contributed by atoms with E-state index in [1.165, 1.54) is 6.26 Å². The lowest BCUT2D eigenvalue weighted by atomic mass is 9.99. The minimum atomic E-state index is -0.848. The minimum absolute atomic E-state index is 0.414. The Bertz CT molecular complexity index is 316. The molecule has 1 heterocycles. The number of hydrogen-bond acceptors (Lipinski definition) is 3. The van der Waals surface area contributed by atoms with Crippen molar-refractivity contribution in [3.05, 3.63) is 22.6 Å². The molecule has 0 radical (unpaired) electrons. The van der Waals surface area contributed by atoms with E-state index in [-0.39, 0.29) is 0 Å². The number of nitrogens with zero attached hydrogens (tertiary/aromatic N) is 1. The highest BCUT2D eigenvalue weighted by molar-refractivity contribution is 9.10. The zero-order chi connectivity index (χ0) is 9.84. The highest BCUT2D eigenvalue weighted by atomic mass is 79.9. The van der Waals surface area contributed by atoms with Crippen LogP contribution >= 0.6 is 15.9 Å². The summed E-state index contributed by atoms with van der Waals surface area (Å²) in [6, 6.07) is 3.73. The number of aliphatic hydroxyl groups is 1. The Hall–Kier alpha value is -0.790. The molecule has 70 valence electrons. The maximum Gasteiger partial charge on any atom is 0.147 e. The van der Waals surface area contributed by atoms with Gasteiger partial charge in [-0.1, -0.05) is 6.92 Å². The van der Waals surface area contributed by atoms with Gasteiger partial charge in [-0.15, -0.1) is 0 Å². The molecule has 1 aromatic rings. The topological polar surface area (TPSA) is 57.2 Å². The standard InChI is InChI=1S/C9H10BrNO2/c1-2-6(5-11)8(12)9-7(10)3-4-13-9/h3-4,6,8,12H,2H2,1H3. The lowest BCUT2D eigenvalue weighted by molar-refractivity contribution is 0.107. The van der Waals surface area contributed by atoms with E-state index in [4.69, 9.17) is 9.68 Å². The van der Waals surface area contributed by atoms with Crippen LogP contribution in [-0.2, 0) is 0 Å². The van der Waals surface area contributed by atoms with Crippen LogP contribution in [0.15, 0.2) is 21.2 Å². The molecule has 1 N–H and O–H groups in total. The molecule has 0 aliphatic rings. The van der Waals surface area contributed by atoms with Crippen LogP contribution in [0.3, 0.4) is 0 Å². The summed E-state index contributed by atoms with van der Waals surface area (Å²) in [6.45, 7) is 1.86. The van der Waals surface area contributed by atoms with Crippen LogP contribution in [0, 0.1) is 17.2 Å². The Morgan fingerprint density at radius 3 is 2.85 bits per heavy atom. The van der Waals surface area contributed by atoms with Crippen LogP contribution in [0.2, 0.25) is 0 Å². The first kappa shape index (κ1) is 10.3. The predicted molar refractivity (Wildman–Crippen MR) is 50.8 cm³/mol. The Balaban J connectivity index is 2.85. The summed E-state index contributed by atoms with van der Waals surface area (Å²) < 4.78 is 5.77. The molecule has 2 atom stereocenters. The normalized spacial score (nSPS) is 14.9. The first-order valence-electron chi connectivity index (χ1n) is 4.01. The Morgan fingerprint density at radius 1 is 1.77 bits per heavy atom. The zero-order valence-electron chi connectivity index (χ0n) is 7.20. The first-order chi connectivity index (χ1) is 6.20.